The standard InChI is InChI=1S/C10H9ClFN3O/c11-10-14-8-2-1-6(12)5-7(8)9(16)15(10)4-3-13/h1-2,5H,3-4,13H2. The van der Waals surface area contributed by atoms with E-state index in [0.29, 0.717) is 5.52 Å². The van der Waals surface area contributed by atoms with Gasteiger partial charge in [-0.3, -0.25) is 9.36 Å². The van der Waals surface area contributed by atoms with Gasteiger partial charge in [0, 0.05) is 13.1 Å². The number of halogens is 2. The second-order valence-electron chi connectivity index (χ2n) is 3.29. The van der Waals surface area contributed by atoms with Crippen molar-refractivity contribution in [3.63, 3.8) is 0 Å². The Labute approximate surface area is 95.5 Å². The first-order valence-corrected chi connectivity index (χ1v) is 5.07. The SMILES string of the molecule is NCCn1c(Cl)nc2ccc(F)cc2c1=O. The van der Waals surface area contributed by atoms with Gasteiger partial charge >= 0.3 is 0 Å². The first-order chi connectivity index (χ1) is 7.63. The highest BCUT2D eigenvalue weighted by Gasteiger charge is 2.09. The van der Waals surface area contributed by atoms with Crippen LogP contribution in [0.1, 0.15) is 0 Å². The lowest BCUT2D eigenvalue weighted by Gasteiger charge is -2.07. The summed E-state index contributed by atoms with van der Waals surface area (Å²) >= 11 is 5.83. The lowest BCUT2D eigenvalue weighted by molar-refractivity contribution is 0.628. The molecular weight excluding hydrogens is 233 g/mol. The minimum Gasteiger partial charge on any atom is -0.329 e. The van der Waals surface area contributed by atoms with Gasteiger partial charge in [0.25, 0.3) is 5.56 Å². The number of benzene rings is 1. The average Bonchev–Trinajstić information content (AvgIpc) is 2.26. The molecule has 1 aromatic carbocycles. The van der Waals surface area contributed by atoms with Crippen molar-refractivity contribution >= 4 is 22.5 Å². The molecule has 2 N–H and O–H groups in total. The number of rotatable bonds is 2. The van der Waals surface area contributed by atoms with Gasteiger partial charge < -0.3 is 5.73 Å². The molecule has 0 aliphatic rings. The summed E-state index contributed by atoms with van der Waals surface area (Å²) in [6.07, 6.45) is 0. The molecule has 6 heteroatoms. The van der Waals surface area contributed by atoms with E-state index in [0.717, 1.165) is 6.07 Å². The Morgan fingerprint density at radius 2 is 2.25 bits per heavy atom. The second kappa shape index (κ2) is 4.19. The van der Waals surface area contributed by atoms with Crippen LogP contribution in [0.4, 0.5) is 4.39 Å². The Morgan fingerprint density at radius 3 is 2.94 bits per heavy atom. The van der Waals surface area contributed by atoms with Crippen molar-refractivity contribution in [2.24, 2.45) is 5.73 Å². The zero-order valence-electron chi connectivity index (χ0n) is 8.28. The molecular formula is C10H9ClFN3O. The van der Waals surface area contributed by atoms with Crippen molar-refractivity contribution in [3.8, 4) is 0 Å². The van der Waals surface area contributed by atoms with Gasteiger partial charge in [-0.2, -0.15) is 0 Å². The normalized spacial score (nSPS) is 10.9. The molecule has 84 valence electrons. The van der Waals surface area contributed by atoms with Gasteiger partial charge in [-0.05, 0) is 29.8 Å². The minimum absolute atomic E-state index is 0.0644. The van der Waals surface area contributed by atoms with E-state index in [1.807, 2.05) is 0 Å². The Bertz CT molecular complexity index is 596. The highest BCUT2D eigenvalue weighted by Crippen LogP contribution is 2.12. The highest BCUT2D eigenvalue weighted by atomic mass is 35.5. The van der Waals surface area contributed by atoms with E-state index >= 15 is 0 Å². The summed E-state index contributed by atoms with van der Waals surface area (Å²) in [6.45, 7) is 0.527. The minimum atomic E-state index is -0.479. The molecule has 1 heterocycles. The molecule has 0 aliphatic carbocycles. The van der Waals surface area contributed by atoms with Crippen molar-refractivity contribution in [1.29, 1.82) is 0 Å². The molecule has 2 aromatic rings. The molecule has 4 nitrogen and oxygen atoms in total. The van der Waals surface area contributed by atoms with Gasteiger partial charge in [0.2, 0.25) is 5.28 Å². The van der Waals surface area contributed by atoms with E-state index in [2.05, 4.69) is 4.98 Å². The summed E-state index contributed by atoms with van der Waals surface area (Å²) in [6, 6.07) is 3.80. The Hall–Kier alpha value is -1.46. The fourth-order valence-corrected chi connectivity index (χ4v) is 1.74. The molecule has 0 bridgehead atoms. The summed E-state index contributed by atoms with van der Waals surface area (Å²) in [5, 5.41) is 0.271. The van der Waals surface area contributed by atoms with Gasteiger partial charge in [0.15, 0.2) is 0 Å². The largest absolute Gasteiger partial charge is 0.329 e. The van der Waals surface area contributed by atoms with Gasteiger partial charge in [-0.15, -0.1) is 0 Å². The zero-order chi connectivity index (χ0) is 11.7. The molecule has 0 aliphatic heterocycles. The van der Waals surface area contributed by atoms with Crippen molar-refractivity contribution in [3.05, 3.63) is 39.7 Å². The van der Waals surface area contributed by atoms with Gasteiger partial charge in [0.1, 0.15) is 5.82 Å². The van der Waals surface area contributed by atoms with Crippen LogP contribution in [0.2, 0.25) is 5.28 Å². The van der Waals surface area contributed by atoms with Crippen LogP contribution in [0.15, 0.2) is 23.0 Å². The van der Waals surface area contributed by atoms with E-state index in [-0.39, 0.29) is 29.3 Å². The second-order valence-corrected chi connectivity index (χ2v) is 3.63. The molecule has 0 fully saturated rings. The summed E-state index contributed by atoms with van der Waals surface area (Å²) in [7, 11) is 0. The predicted molar refractivity (Wildman–Crippen MR) is 60.0 cm³/mol. The van der Waals surface area contributed by atoms with Crippen LogP contribution >= 0.6 is 11.6 Å². The van der Waals surface area contributed by atoms with E-state index in [4.69, 9.17) is 17.3 Å². The maximum atomic E-state index is 13.0. The third kappa shape index (κ3) is 1.79. The van der Waals surface area contributed by atoms with Gasteiger partial charge in [-0.25, -0.2) is 9.37 Å². The van der Waals surface area contributed by atoms with Crippen molar-refractivity contribution in [2.75, 3.05) is 6.54 Å². The molecule has 0 radical (unpaired) electrons. The van der Waals surface area contributed by atoms with E-state index in [1.54, 1.807) is 0 Å². The van der Waals surface area contributed by atoms with Gasteiger partial charge in [-0.1, -0.05) is 0 Å². The van der Waals surface area contributed by atoms with Crippen LogP contribution in [0.25, 0.3) is 10.9 Å². The number of nitrogens with two attached hydrogens (primary N) is 1. The summed E-state index contributed by atoms with van der Waals surface area (Å²) in [4.78, 5) is 15.9. The number of hydrogen-bond donors (Lipinski definition) is 1. The molecule has 0 spiro atoms. The molecule has 2 rings (SSSR count). The van der Waals surface area contributed by atoms with Crippen LogP contribution in [0.3, 0.4) is 0 Å². The Kier molecular flexibility index (Phi) is 2.89. The van der Waals surface area contributed by atoms with Crippen molar-refractivity contribution < 1.29 is 4.39 Å². The highest BCUT2D eigenvalue weighted by molar-refractivity contribution is 6.28. The summed E-state index contributed by atoms with van der Waals surface area (Å²) < 4.78 is 14.2. The van der Waals surface area contributed by atoms with Crippen LogP contribution in [0, 0.1) is 5.82 Å². The maximum absolute atomic E-state index is 13.0. The molecule has 0 unspecified atom stereocenters. The van der Waals surface area contributed by atoms with Crippen LogP contribution in [0.5, 0.6) is 0 Å². The number of nitrogens with zero attached hydrogens (tertiary/aromatic N) is 2. The van der Waals surface area contributed by atoms with Crippen LogP contribution < -0.4 is 11.3 Å². The Morgan fingerprint density at radius 1 is 1.50 bits per heavy atom. The van der Waals surface area contributed by atoms with Gasteiger partial charge in [0.05, 0.1) is 10.9 Å². The van der Waals surface area contributed by atoms with Crippen LogP contribution in [-0.4, -0.2) is 16.1 Å². The van der Waals surface area contributed by atoms with Crippen molar-refractivity contribution in [2.45, 2.75) is 6.54 Å². The zero-order valence-corrected chi connectivity index (χ0v) is 9.04. The van der Waals surface area contributed by atoms with E-state index < -0.39 is 5.82 Å². The number of fused-ring (bicyclic) bond motifs is 1. The lowest BCUT2D eigenvalue weighted by atomic mass is 10.2. The summed E-state index contributed by atoms with van der Waals surface area (Å²) in [5.74, 6) is -0.479. The van der Waals surface area contributed by atoms with E-state index in [9.17, 15) is 9.18 Å². The lowest BCUT2D eigenvalue weighted by Crippen LogP contribution is -2.25. The van der Waals surface area contributed by atoms with Crippen molar-refractivity contribution in [1.82, 2.24) is 9.55 Å². The predicted octanol–water partition coefficient (Wildman–Crippen LogP) is 1.15. The third-order valence-corrected chi connectivity index (χ3v) is 2.51. The molecule has 1 aromatic heterocycles. The molecule has 0 saturated heterocycles. The van der Waals surface area contributed by atoms with E-state index in [1.165, 1.54) is 16.7 Å². The molecule has 16 heavy (non-hydrogen) atoms. The first-order valence-electron chi connectivity index (χ1n) is 4.69. The first kappa shape index (κ1) is 11.0. The van der Waals surface area contributed by atoms with Crippen LogP contribution in [-0.2, 0) is 6.54 Å². The molecule has 0 amide bonds. The number of hydrogen-bond acceptors (Lipinski definition) is 3. The topological polar surface area (TPSA) is 60.9 Å². The Balaban J connectivity index is 2.80. The summed E-state index contributed by atoms with van der Waals surface area (Å²) in [5.41, 5.74) is 5.36. The monoisotopic (exact) mass is 241 g/mol. The smallest absolute Gasteiger partial charge is 0.262 e. The third-order valence-electron chi connectivity index (χ3n) is 2.22. The molecule has 0 atom stereocenters. The number of aromatic nitrogens is 2. The average molecular weight is 242 g/mol. The maximum Gasteiger partial charge on any atom is 0.262 e. The fraction of sp³-hybridized carbons (Fsp3) is 0.200. The quantitative estimate of drug-likeness (QED) is 0.803. The fourth-order valence-electron chi connectivity index (χ4n) is 1.49. The molecule has 0 saturated carbocycles.